The summed E-state index contributed by atoms with van der Waals surface area (Å²) in [5.41, 5.74) is 3.87. The first-order valence-corrected chi connectivity index (χ1v) is 8.75. The summed E-state index contributed by atoms with van der Waals surface area (Å²) < 4.78 is 2.03. The summed E-state index contributed by atoms with van der Waals surface area (Å²) in [6.07, 6.45) is 7.30. The highest BCUT2D eigenvalue weighted by molar-refractivity contribution is 5.78. The lowest BCUT2D eigenvalue weighted by molar-refractivity contribution is 0.799. The van der Waals surface area contributed by atoms with Crippen LogP contribution in [-0.2, 0) is 0 Å². The Kier molecular flexibility index (Phi) is 4.12. The average Bonchev–Trinajstić information content (AvgIpc) is 3.29. The Morgan fingerprint density at radius 2 is 1.96 bits per heavy atom. The zero-order chi connectivity index (χ0) is 18.1. The van der Waals surface area contributed by atoms with Gasteiger partial charge in [0, 0.05) is 42.9 Å². The van der Waals surface area contributed by atoms with Crippen molar-refractivity contribution in [3.05, 3.63) is 48.8 Å². The molecule has 0 fully saturated rings. The Labute approximate surface area is 151 Å². The zero-order valence-corrected chi connectivity index (χ0v) is 15.1. The molecule has 26 heavy (non-hydrogen) atoms. The summed E-state index contributed by atoms with van der Waals surface area (Å²) >= 11 is 0. The number of hydrogen-bond acceptors (Lipinski definition) is 5. The molecule has 132 valence electrons. The number of nitrogens with one attached hydrogen (secondary N) is 2. The van der Waals surface area contributed by atoms with Gasteiger partial charge >= 0.3 is 0 Å². The average molecular weight is 347 g/mol. The molecule has 0 radical (unpaired) electrons. The SMILES string of the molecule is CCNc1ncc(-c2nccn2-c2ccc3nc(C(C)C)[nH]c3c2)cn1. The summed E-state index contributed by atoms with van der Waals surface area (Å²) in [6.45, 7) is 7.06. The van der Waals surface area contributed by atoms with Gasteiger partial charge in [-0.05, 0) is 25.1 Å². The Balaban J connectivity index is 1.73. The number of H-pyrrole nitrogens is 1. The lowest BCUT2D eigenvalue weighted by atomic mass is 10.2. The normalized spacial score (nSPS) is 11.4. The number of imidazole rings is 2. The lowest BCUT2D eigenvalue weighted by Crippen LogP contribution is -2.02. The maximum absolute atomic E-state index is 4.64. The second-order valence-corrected chi connectivity index (χ2v) is 6.42. The molecule has 0 aliphatic rings. The van der Waals surface area contributed by atoms with Gasteiger partial charge in [-0.1, -0.05) is 13.8 Å². The van der Waals surface area contributed by atoms with E-state index in [0.717, 1.165) is 40.5 Å². The monoisotopic (exact) mass is 347 g/mol. The minimum atomic E-state index is 0.363. The number of aromatic nitrogens is 6. The van der Waals surface area contributed by atoms with Crippen molar-refractivity contribution in [1.29, 1.82) is 0 Å². The van der Waals surface area contributed by atoms with E-state index in [4.69, 9.17) is 0 Å². The third-order valence-corrected chi connectivity index (χ3v) is 4.19. The van der Waals surface area contributed by atoms with Crippen LogP contribution in [0.15, 0.2) is 43.0 Å². The quantitative estimate of drug-likeness (QED) is 0.574. The molecule has 0 atom stereocenters. The van der Waals surface area contributed by atoms with E-state index >= 15 is 0 Å². The highest BCUT2D eigenvalue weighted by Gasteiger charge is 2.11. The highest BCUT2D eigenvalue weighted by Crippen LogP contribution is 2.24. The first kappa shape index (κ1) is 16.3. The first-order valence-electron chi connectivity index (χ1n) is 8.75. The van der Waals surface area contributed by atoms with Gasteiger partial charge in [0.2, 0.25) is 5.95 Å². The van der Waals surface area contributed by atoms with Crippen molar-refractivity contribution in [2.75, 3.05) is 11.9 Å². The van der Waals surface area contributed by atoms with E-state index in [9.17, 15) is 0 Å². The van der Waals surface area contributed by atoms with Crippen LogP contribution in [0.3, 0.4) is 0 Å². The van der Waals surface area contributed by atoms with E-state index in [2.05, 4.69) is 50.2 Å². The minimum Gasteiger partial charge on any atom is -0.355 e. The highest BCUT2D eigenvalue weighted by atomic mass is 15.1. The number of nitrogens with zero attached hydrogens (tertiary/aromatic N) is 5. The molecule has 4 rings (SSSR count). The largest absolute Gasteiger partial charge is 0.355 e. The molecule has 0 aliphatic heterocycles. The maximum Gasteiger partial charge on any atom is 0.222 e. The topological polar surface area (TPSA) is 84.3 Å². The van der Waals surface area contributed by atoms with Crippen molar-refractivity contribution in [2.24, 2.45) is 0 Å². The molecule has 0 spiro atoms. The predicted octanol–water partition coefficient (Wildman–Crippen LogP) is 3.76. The summed E-state index contributed by atoms with van der Waals surface area (Å²) in [4.78, 5) is 21.2. The van der Waals surface area contributed by atoms with Crippen LogP contribution >= 0.6 is 0 Å². The zero-order valence-electron chi connectivity index (χ0n) is 15.1. The Morgan fingerprint density at radius 1 is 1.15 bits per heavy atom. The molecule has 0 amide bonds. The number of aromatic amines is 1. The van der Waals surface area contributed by atoms with Crippen LogP contribution in [0.25, 0.3) is 28.1 Å². The van der Waals surface area contributed by atoms with Crippen molar-refractivity contribution in [2.45, 2.75) is 26.7 Å². The van der Waals surface area contributed by atoms with Gasteiger partial charge in [-0.3, -0.25) is 4.57 Å². The molecular formula is C19H21N7. The second kappa shape index (κ2) is 6.59. The number of rotatable bonds is 5. The first-order chi connectivity index (χ1) is 12.7. The predicted molar refractivity (Wildman–Crippen MR) is 102 cm³/mol. The van der Waals surface area contributed by atoms with Crippen LogP contribution in [0.4, 0.5) is 5.95 Å². The van der Waals surface area contributed by atoms with E-state index in [1.807, 2.05) is 29.8 Å². The molecule has 0 unspecified atom stereocenters. The number of fused-ring (bicyclic) bond motifs is 1. The van der Waals surface area contributed by atoms with Crippen molar-refractivity contribution < 1.29 is 0 Å². The third-order valence-electron chi connectivity index (χ3n) is 4.19. The van der Waals surface area contributed by atoms with E-state index in [1.54, 1.807) is 18.6 Å². The molecule has 3 aromatic heterocycles. The summed E-state index contributed by atoms with van der Waals surface area (Å²) in [5, 5.41) is 3.10. The number of hydrogen-bond donors (Lipinski definition) is 2. The lowest BCUT2D eigenvalue weighted by Gasteiger charge is -2.08. The molecule has 0 saturated carbocycles. The van der Waals surface area contributed by atoms with E-state index in [-0.39, 0.29) is 0 Å². The molecular weight excluding hydrogens is 326 g/mol. The molecule has 1 aromatic carbocycles. The van der Waals surface area contributed by atoms with Gasteiger partial charge in [-0.2, -0.15) is 0 Å². The van der Waals surface area contributed by atoms with Crippen molar-refractivity contribution in [1.82, 2.24) is 29.5 Å². The third kappa shape index (κ3) is 2.92. The van der Waals surface area contributed by atoms with E-state index in [0.29, 0.717) is 11.9 Å². The van der Waals surface area contributed by atoms with Crippen molar-refractivity contribution >= 4 is 17.0 Å². The Hall–Kier alpha value is -3.22. The van der Waals surface area contributed by atoms with Crippen LogP contribution < -0.4 is 5.32 Å². The molecule has 7 heteroatoms. The fraction of sp³-hybridized carbons (Fsp3) is 0.263. The minimum absolute atomic E-state index is 0.363. The van der Waals surface area contributed by atoms with Crippen LogP contribution in [0.2, 0.25) is 0 Å². The molecule has 0 aliphatic carbocycles. The van der Waals surface area contributed by atoms with Gasteiger partial charge in [0.15, 0.2) is 0 Å². The van der Waals surface area contributed by atoms with Gasteiger partial charge in [0.25, 0.3) is 0 Å². The van der Waals surface area contributed by atoms with Crippen molar-refractivity contribution in [3.63, 3.8) is 0 Å². The van der Waals surface area contributed by atoms with Gasteiger partial charge in [-0.25, -0.2) is 19.9 Å². The standard InChI is InChI=1S/C19H21N7/c1-4-20-19-22-10-13(11-23-19)18-21-7-8-26(18)14-5-6-15-16(9-14)25-17(24-15)12(2)3/h5-12H,4H2,1-3H3,(H,24,25)(H,20,22,23). The molecule has 4 aromatic rings. The smallest absolute Gasteiger partial charge is 0.222 e. The van der Waals surface area contributed by atoms with Crippen molar-refractivity contribution in [3.8, 4) is 17.1 Å². The molecule has 7 nitrogen and oxygen atoms in total. The number of benzene rings is 1. The Bertz CT molecular complexity index is 1030. The molecule has 0 saturated heterocycles. The van der Waals surface area contributed by atoms with Gasteiger partial charge in [0.1, 0.15) is 11.6 Å². The summed E-state index contributed by atoms with van der Waals surface area (Å²) in [5.74, 6) is 2.78. The fourth-order valence-corrected chi connectivity index (χ4v) is 2.86. The van der Waals surface area contributed by atoms with Crippen LogP contribution in [0, 0.1) is 0 Å². The summed E-state index contributed by atoms with van der Waals surface area (Å²) in [7, 11) is 0. The van der Waals surface area contributed by atoms with Crippen LogP contribution in [0.5, 0.6) is 0 Å². The molecule has 0 bridgehead atoms. The maximum atomic E-state index is 4.64. The van der Waals surface area contributed by atoms with Gasteiger partial charge in [-0.15, -0.1) is 0 Å². The van der Waals surface area contributed by atoms with Crippen LogP contribution in [0.1, 0.15) is 32.5 Å². The fourth-order valence-electron chi connectivity index (χ4n) is 2.86. The molecule has 2 N–H and O–H groups in total. The van der Waals surface area contributed by atoms with Gasteiger partial charge < -0.3 is 10.3 Å². The van der Waals surface area contributed by atoms with Gasteiger partial charge in [0.05, 0.1) is 16.6 Å². The van der Waals surface area contributed by atoms with Crippen LogP contribution in [-0.4, -0.2) is 36.0 Å². The number of anilines is 1. The second-order valence-electron chi connectivity index (χ2n) is 6.42. The van der Waals surface area contributed by atoms with E-state index < -0.39 is 0 Å². The van der Waals surface area contributed by atoms with E-state index in [1.165, 1.54) is 0 Å². The Morgan fingerprint density at radius 3 is 2.69 bits per heavy atom. The molecule has 3 heterocycles. The summed E-state index contributed by atoms with van der Waals surface area (Å²) in [6, 6.07) is 6.17.